The average Bonchev–Trinajstić information content (AvgIpc) is 2.59. The Kier molecular flexibility index (Phi) is 2.83. The predicted octanol–water partition coefficient (Wildman–Crippen LogP) is 1.60. The van der Waals surface area contributed by atoms with Crippen molar-refractivity contribution in [1.82, 2.24) is 19.5 Å². The van der Waals surface area contributed by atoms with Gasteiger partial charge in [0.25, 0.3) is 5.56 Å². The predicted molar refractivity (Wildman–Crippen MR) is 65.9 cm³/mol. The van der Waals surface area contributed by atoms with Gasteiger partial charge in [-0.1, -0.05) is 13.8 Å². The fourth-order valence-electron chi connectivity index (χ4n) is 1.87. The smallest absolute Gasteiger partial charge is 0.254 e. The van der Waals surface area contributed by atoms with E-state index in [-0.39, 0.29) is 11.5 Å². The first-order valence-corrected chi connectivity index (χ1v) is 5.58. The lowest BCUT2D eigenvalue weighted by molar-refractivity contribution is 0.817. The number of hydrogen-bond acceptors (Lipinski definition) is 3. The average molecular weight is 232 g/mol. The molecule has 0 radical (unpaired) electrons. The molecule has 0 spiro atoms. The third-order valence-corrected chi connectivity index (χ3v) is 2.93. The van der Waals surface area contributed by atoms with Crippen molar-refractivity contribution >= 4 is 0 Å². The maximum Gasteiger partial charge on any atom is 0.254 e. The maximum atomic E-state index is 11.8. The summed E-state index contributed by atoms with van der Waals surface area (Å²) >= 11 is 0. The van der Waals surface area contributed by atoms with E-state index in [0.29, 0.717) is 11.3 Å². The maximum absolute atomic E-state index is 11.8. The minimum absolute atomic E-state index is 0.0798. The number of aromatic amines is 1. The van der Waals surface area contributed by atoms with Crippen LogP contribution < -0.4 is 5.56 Å². The van der Waals surface area contributed by atoms with Gasteiger partial charge in [-0.05, 0) is 12.8 Å². The molecule has 2 aromatic rings. The monoisotopic (exact) mass is 232 g/mol. The summed E-state index contributed by atoms with van der Waals surface area (Å²) in [5, 5.41) is 0. The molecule has 2 rings (SSSR count). The largest absolute Gasteiger partial charge is 0.330 e. The Hall–Kier alpha value is -1.91. The molecule has 0 unspecified atom stereocenters. The van der Waals surface area contributed by atoms with E-state index in [9.17, 15) is 4.79 Å². The topological polar surface area (TPSA) is 63.6 Å². The first-order valence-electron chi connectivity index (χ1n) is 5.58. The fraction of sp³-hybridized carbons (Fsp3) is 0.417. The zero-order valence-corrected chi connectivity index (χ0v) is 10.5. The van der Waals surface area contributed by atoms with E-state index in [1.54, 1.807) is 6.20 Å². The van der Waals surface area contributed by atoms with Crippen molar-refractivity contribution in [1.29, 1.82) is 0 Å². The van der Waals surface area contributed by atoms with Crippen LogP contribution >= 0.6 is 0 Å². The zero-order chi connectivity index (χ0) is 12.6. The Balaban J connectivity index is 2.72. The molecule has 0 aliphatic carbocycles. The zero-order valence-electron chi connectivity index (χ0n) is 10.5. The Morgan fingerprint density at radius 3 is 2.59 bits per heavy atom. The second kappa shape index (κ2) is 4.16. The molecule has 0 saturated carbocycles. The van der Waals surface area contributed by atoms with Crippen LogP contribution in [0.1, 0.15) is 31.2 Å². The third-order valence-electron chi connectivity index (χ3n) is 2.93. The number of aromatic nitrogens is 4. The van der Waals surface area contributed by atoms with Gasteiger partial charge in [0.15, 0.2) is 0 Å². The molecule has 90 valence electrons. The summed E-state index contributed by atoms with van der Waals surface area (Å²) in [5.41, 5.74) is 2.21. The first kappa shape index (κ1) is 11.6. The molecule has 17 heavy (non-hydrogen) atoms. The summed E-state index contributed by atoms with van der Waals surface area (Å²) in [6.07, 6.45) is 3.19. The highest BCUT2D eigenvalue weighted by Crippen LogP contribution is 2.23. The van der Waals surface area contributed by atoms with Gasteiger partial charge < -0.3 is 9.55 Å². The van der Waals surface area contributed by atoms with Crippen molar-refractivity contribution in [2.75, 3.05) is 0 Å². The van der Waals surface area contributed by atoms with Crippen molar-refractivity contribution in [2.24, 2.45) is 7.05 Å². The lowest BCUT2D eigenvalue weighted by Gasteiger charge is -2.10. The van der Waals surface area contributed by atoms with Crippen LogP contribution in [0.3, 0.4) is 0 Å². The van der Waals surface area contributed by atoms with Gasteiger partial charge in [-0.3, -0.25) is 4.79 Å². The minimum Gasteiger partial charge on any atom is -0.330 e. The van der Waals surface area contributed by atoms with E-state index in [1.165, 1.54) is 6.33 Å². The molecule has 0 saturated heterocycles. The second-order valence-electron chi connectivity index (χ2n) is 4.40. The number of H-pyrrole nitrogens is 1. The molecule has 0 amide bonds. The van der Waals surface area contributed by atoms with Gasteiger partial charge in [-0.15, -0.1) is 0 Å². The standard InChI is InChI=1S/C12H16N4O/c1-7(2)10-11(14-6-15-12(10)17)9-5-13-8(3)16(9)4/h5-7H,1-4H3,(H,14,15,17). The summed E-state index contributed by atoms with van der Waals surface area (Å²) in [7, 11) is 1.92. The molecule has 0 aliphatic heterocycles. The van der Waals surface area contributed by atoms with Gasteiger partial charge in [0.05, 0.1) is 23.9 Å². The van der Waals surface area contributed by atoms with E-state index < -0.39 is 0 Å². The van der Waals surface area contributed by atoms with Gasteiger partial charge in [0.2, 0.25) is 0 Å². The molecule has 0 aliphatic rings. The summed E-state index contributed by atoms with van der Waals surface area (Å²) in [5.74, 6) is 1.02. The number of aryl methyl sites for hydroxylation is 1. The van der Waals surface area contributed by atoms with E-state index in [0.717, 1.165) is 11.5 Å². The van der Waals surface area contributed by atoms with E-state index >= 15 is 0 Å². The van der Waals surface area contributed by atoms with Crippen LogP contribution in [0.25, 0.3) is 11.4 Å². The number of imidazole rings is 1. The van der Waals surface area contributed by atoms with Crippen molar-refractivity contribution in [3.8, 4) is 11.4 Å². The lowest BCUT2D eigenvalue weighted by atomic mass is 10.0. The van der Waals surface area contributed by atoms with Gasteiger partial charge in [0, 0.05) is 12.6 Å². The van der Waals surface area contributed by atoms with Crippen molar-refractivity contribution < 1.29 is 0 Å². The summed E-state index contributed by atoms with van der Waals surface area (Å²) in [6.45, 7) is 5.89. The molecule has 2 aromatic heterocycles. The summed E-state index contributed by atoms with van der Waals surface area (Å²) in [6, 6.07) is 0. The van der Waals surface area contributed by atoms with Gasteiger partial charge in [0.1, 0.15) is 5.82 Å². The third kappa shape index (κ3) is 1.88. The SMILES string of the molecule is Cc1ncc(-c2nc[nH]c(=O)c2C(C)C)n1C. The van der Waals surface area contributed by atoms with Gasteiger partial charge in [-0.25, -0.2) is 9.97 Å². The fourth-order valence-corrected chi connectivity index (χ4v) is 1.87. The highest BCUT2D eigenvalue weighted by molar-refractivity contribution is 5.59. The Bertz CT molecular complexity index is 595. The van der Waals surface area contributed by atoms with Gasteiger partial charge >= 0.3 is 0 Å². The highest BCUT2D eigenvalue weighted by atomic mass is 16.1. The highest BCUT2D eigenvalue weighted by Gasteiger charge is 2.17. The lowest BCUT2D eigenvalue weighted by Crippen LogP contribution is -2.17. The van der Waals surface area contributed by atoms with Crippen molar-refractivity contribution in [3.05, 3.63) is 34.3 Å². The van der Waals surface area contributed by atoms with Crippen molar-refractivity contribution in [3.63, 3.8) is 0 Å². The van der Waals surface area contributed by atoms with E-state index in [4.69, 9.17) is 0 Å². The van der Waals surface area contributed by atoms with E-state index in [2.05, 4.69) is 15.0 Å². The first-order chi connectivity index (χ1) is 8.02. The quantitative estimate of drug-likeness (QED) is 0.855. The Labute approximate surface area is 99.6 Å². The van der Waals surface area contributed by atoms with Gasteiger partial charge in [-0.2, -0.15) is 0 Å². The number of nitrogens with zero attached hydrogens (tertiary/aromatic N) is 3. The molecular weight excluding hydrogens is 216 g/mol. The molecule has 0 aromatic carbocycles. The normalized spacial score (nSPS) is 11.1. The molecule has 0 atom stereocenters. The Morgan fingerprint density at radius 1 is 1.35 bits per heavy atom. The second-order valence-corrected chi connectivity index (χ2v) is 4.40. The summed E-state index contributed by atoms with van der Waals surface area (Å²) < 4.78 is 1.94. The minimum atomic E-state index is -0.0798. The number of nitrogens with one attached hydrogen (secondary N) is 1. The molecular formula is C12H16N4O. The molecule has 2 heterocycles. The van der Waals surface area contributed by atoms with E-state index in [1.807, 2.05) is 32.4 Å². The summed E-state index contributed by atoms with van der Waals surface area (Å²) in [4.78, 5) is 23.0. The van der Waals surface area contributed by atoms with Crippen LogP contribution in [0.5, 0.6) is 0 Å². The molecule has 0 bridgehead atoms. The van der Waals surface area contributed by atoms with Crippen LogP contribution in [0.2, 0.25) is 0 Å². The number of hydrogen-bond donors (Lipinski definition) is 1. The van der Waals surface area contributed by atoms with Crippen LogP contribution in [0.4, 0.5) is 0 Å². The van der Waals surface area contributed by atoms with Crippen LogP contribution in [0.15, 0.2) is 17.3 Å². The molecule has 0 fully saturated rings. The molecule has 5 nitrogen and oxygen atoms in total. The number of rotatable bonds is 2. The van der Waals surface area contributed by atoms with Crippen molar-refractivity contribution in [2.45, 2.75) is 26.7 Å². The van der Waals surface area contributed by atoms with Crippen LogP contribution in [-0.4, -0.2) is 19.5 Å². The van der Waals surface area contributed by atoms with Crippen LogP contribution in [-0.2, 0) is 7.05 Å². The molecule has 5 heteroatoms. The Morgan fingerprint density at radius 2 is 2.06 bits per heavy atom. The molecule has 1 N–H and O–H groups in total. The van der Waals surface area contributed by atoms with Crippen LogP contribution in [0, 0.1) is 6.92 Å².